The van der Waals surface area contributed by atoms with Crippen molar-refractivity contribution in [2.75, 3.05) is 11.9 Å². The molecule has 0 aliphatic carbocycles. The molecular formula is C15H14N2O2. The van der Waals surface area contributed by atoms with E-state index in [1.165, 1.54) is 6.26 Å². The van der Waals surface area contributed by atoms with Crippen LogP contribution in [0.25, 0.3) is 0 Å². The van der Waals surface area contributed by atoms with E-state index >= 15 is 0 Å². The minimum Gasteiger partial charge on any atom is -0.459 e. The van der Waals surface area contributed by atoms with Crippen molar-refractivity contribution in [1.82, 2.24) is 0 Å². The van der Waals surface area contributed by atoms with E-state index in [9.17, 15) is 4.79 Å². The Balaban J connectivity index is 2.27. The van der Waals surface area contributed by atoms with Gasteiger partial charge in [-0.1, -0.05) is 17.9 Å². The summed E-state index contributed by atoms with van der Waals surface area (Å²) in [5.74, 6) is 5.69. The highest BCUT2D eigenvalue weighted by Gasteiger charge is 2.10. The van der Waals surface area contributed by atoms with E-state index in [1.807, 2.05) is 25.1 Å². The van der Waals surface area contributed by atoms with Crippen LogP contribution >= 0.6 is 0 Å². The zero-order valence-electron chi connectivity index (χ0n) is 10.6. The highest BCUT2D eigenvalue weighted by molar-refractivity contribution is 6.03. The van der Waals surface area contributed by atoms with E-state index in [1.54, 1.807) is 12.1 Å². The molecule has 1 aromatic heterocycles. The predicted molar refractivity (Wildman–Crippen MR) is 73.8 cm³/mol. The van der Waals surface area contributed by atoms with Crippen LogP contribution in [0.3, 0.4) is 0 Å². The lowest BCUT2D eigenvalue weighted by atomic mass is 10.1. The van der Waals surface area contributed by atoms with Crippen molar-refractivity contribution in [3.8, 4) is 11.8 Å². The molecule has 3 N–H and O–H groups in total. The summed E-state index contributed by atoms with van der Waals surface area (Å²) in [7, 11) is 0. The second-order valence-electron chi connectivity index (χ2n) is 3.99. The van der Waals surface area contributed by atoms with Gasteiger partial charge in [0.1, 0.15) is 0 Å². The standard InChI is InChI=1S/C15H14N2O2/c1-11-6-7-13(12(10-11)4-2-8-16)17-15(18)14-5-3-9-19-14/h3,5-7,9-10H,8,16H2,1H3,(H,17,18). The summed E-state index contributed by atoms with van der Waals surface area (Å²) in [6.07, 6.45) is 1.46. The largest absolute Gasteiger partial charge is 0.459 e. The van der Waals surface area contributed by atoms with E-state index in [0.717, 1.165) is 11.1 Å². The molecule has 1 amide bonds. The van der Waals surface area contributed by atoms with Gasteiger partial charge in [0.15, 0.2) is 5.76 Å². The molecule has 0 aliphatic heterocycles. The minimum atomic E-state index is -0.301. The molecule has 0 atom stereocenters. The summed E-state index contributed by atoms with van der Waals surface area (Å²) in [5.41, 5.74) is 7.82. The molecule has 4 nitrogen and oxygen atoms in total. The quantitative estimate of drug-likeness (QED) is 0.807. The van der Waals surface area contributed by atoms with E-state index in [2.05, 4.69) is 17.2 Å². The zero-order chi connectivity index (χ0) is 13.7. The van der Waals surface area contributed by atoms with Gasteiger partial charge in [-0.3, -0.25) is 4.79 Å². The normalized spacial score (nSPS) is 9.58. The molecule has 1 aromatic carbocycles. The third-order valence-corrected chi connectivity index (χ3v) is 2.49. The summed E-state index contributed by atoms with van der Waals surface area (Å²) in [6.45, 7) is 2.24. The SMILES string of the molecule is Cc1ccc(NC(=O)c2ccco2)c(C#CCN)c1. The highest BCUT2D eigenvalue weighted by atomic mass is 16.3. The molecule has 96 valence electrons. The Kier molecular flexibility index (Phi) is 4.01. The van der Waals surface area contributed by atoms with E-state index in [0.29, 0.717) is 5.69 Å². The molecular weight excluding hydrogens is 240 g/mol. The number of anilines is 1. The molecule has 2 aromatic rings. The Bertz CT molecular complexity index is 634. The molecule has 19 heavy (non-hydrogen) atoms. The molecule has 2 rings (SSSR count). The number of furan rings is 1. The number of benzene rings is 1. The molecule has 0 radical (unpaired) electrons. The molecule has 0 saturated carbocycles. The molecule has 0 aliphatic rings. The first kappa shape index (κ1) is 12.9. The maximum absolute atomic E-state index is 11.9. The maximum atomic E-state index is 11.9. The van der Waals surface area contributed by atoms with E-state index in [-0.39, 0.29) is 18.2 Å². The van der Waals surface area contributed by atoms with Crippen LogP contribution in [0.2, 0.25) is 0 Å². The van der Waals surface area contributed by atoms with Gasteiger partial charge in [-0.2, -0.15) is 0 Å². The van der Waals surface area contributed by atoms with Crippen molar-refractivity contribution >= 4 is 11.6 Å². The van der Waals surface area contributed by atoms with Crippen LogP contribution in [0.15, 0.2) is 41.0 Å². The Morgan fingerprint density at radius 2 is 2.26 bits per heavy atom. The number of nitrogens with two attached hydrogens (primary N) is 1. The summed E-state index contributed by atoms with van der Waals surface area (Å²) in [4.78, 5) is 11.9. The molecule has 0 bridgehead atoms. The summed E-state index contributed by atoms with van der Waals surface area (Å²) in [6, 6.07) is 8.90. The fraction of sp³-hybridized carbons (Fsp3) is 0.133. The fourth-order valence-electron chi connectivity index (χ4n) is 1.61. The van der Waals surface area contributed by atoms with Gasteiger partial charge in [0.25, 0.3) is 5.91 Å². The van der Waals surface area contributed by atoms with Gasteiger partial charge in [-0.05, 0) is 36.8 Å². The van der Waals surface area contributed by atoms with Crippen molar-refractivity contribution in [1.29, 1.82) is 0 Å². The summed E-state index contributed by atoms with van der Waals surface area (Å²) < 4.78 is 5.04. The number of nitrogens with one attached hydrogen (secondary N) is 1. The van der Waals surface area contributed by atoms with Crippen LogP contribution in [-0.2, 0) is 0 Å². The monoisotopic (exact) mass is 254 g/mol. The average Bonchev–Trinajstić information content (AvgIpc) is 2.93. The lowest BCUT2D eigenvalue weighted by Gasteiger charge is -2.07. The topological polar surface area (TPSA) is 68.3 Å². The smallest absolute Gasteiger partial charge is 0.291 e. The molecule has 4 heteroatoms. The van der Waals surface area contributed by atoms with Crippen molar-refractivity contribution in [3.05, 3.63) is 53.5 Å². The Morgan fingerprint density at radius 3 is 2.95 bits per heavy atom. The summed E-state index contributed by atoms with van der Waals surface area (Å²) >= 11 is 0. The first-order valence-electron chi connectivity index (χ1n) is 5.85. The van der Waals surface area contributed by atoms with E-state index in [4.69, 9.17) is 10.2 Å². The van der Waals surface area contributed by atoms with Gasteiger partial charge in [-0.25, -0.2) is 0 Å². The molecule has 0 spiro atoms. The van der Waals surface area contributed by atoms with Gasteiger partial charge >= 0.3 is 0 Å². The maximum Gasteiger partial charge on any atom is 0.291 e. The second kappa shape index (κ2) is 5.89. The number of hydrogen-bond acceptors (Lipinski definition) is 3. The molecule has 0 fully saturated rings. The first-order chi connectivity index (χ1) is 9.20. The fourth-order valence-corrected chi connectivity index (χ4v) is 1.61. The van der Waals surface area contributed by atoms with Gasteiger partial charge in [0.05, 0.1) is 18.5 Å². The van der Waals surface area contributed by atoms with Crippen molar-refractivity contribution < 1.29 is 9.21 Å². The van der Waals surface area contributed by atoms with Gasteiger partial charge in [-0.15, -0.1) is 0 Å². The van der Waals surface area contributed by atoms with Crippen molar-refractivity contribution in [2.45, 2.75) is 6.92 Å². The molecule has 0 unspecified atom stereocenters. The Hall–Kier alpha value is -2.51. The lowest BCUT2D eigenvalue weighted by Crippen LogP contribution is -2.12. The van der Waals surface area contributed by atoms with Crippen LogP contribution < -0.4 is 11.1 Å². The third kappa shape index (κ3) is 3.24. The van der Waals surface area contributed by atoms with Crippen LogP contribution in [0.4, 0.5) is 5.69 Å². The van der Waals surface area contributed by atoms with Crippen LogP contribution in [0.5, 0.6) is 0 Å². The highest BCUT2D eigenvalue weighted by Crippen LogP contribution is 2.17. The minimum absolute atomic E-state index is 0.262. The van der Waals surface area contributed by atoms with Crippen LogP contribution in [0, 0.1) is 18.8 Å². The lowest BCUT2D eigenvalue weighted by molar-refractivity contribution is 0.0996. The van der Waals surface area contributed by atoms with Gasteiger partial charge in [0.2, 0.25) is 0 Å². The number of carbonyl (C=O) groups excluding carboxylic acids is 1. The Labute approximate surface area is 111 Å². The molecule has 0 saturated heterocycles. The van der Waals surface area contributed by atoms with Crippen molar-refractivity contribution in [2.24, 2.45) is 5.73 Å². The number of rotatable bonds is 2. The number of hydrogen-bond donors (Lipinski definition) is 2. The average molecular weight is 254 g/mol. The van der Waals surface area contributed by atoms with Crippen LogP contribution in [0.1, 0.15) is 21.7 Å². The zero-order valence-corrected chi connectivity index (χ0v) is 10.6. The number of amides is 1. The van der Waals surface area contributed by atoms with Gasteiger partial charge in [0, 0.05) is 5.56 Å². The van der Waals surface area contributed by atoms with Crippen LogP contribution in [-0.4, -0.2) is 12.5 Å². The predicted octanol–water partition coefficient (Wildman–Crippen LogP) is 2.15. The first-order valence-corrected chi connectivity index (χ1v) is 5.85. The third-order valence-electron chi connectivity index (χ3n) is 2.49. The molecule has 1 heterocycles. The second-order valence-corrected chi connectivity index (χ2v) is 3.99. The summed E-state index contributed by atoms with van der Waals surface area (Å²) in [5, 5.41) is 2.77. The van der Waals surface area contributed by atoms with E-state index < -0.39 is 0 Å². The van der Waals surface area contributed by atoms with Crippen molar-refractivity contribution in [3.63, 3.8) is 0 Å². The number of carbonyl (C=O) groups is 1. The van der Waals surface area contributed by atoms with Gasteiger partial charge < -0.3 is 15.5 Å². The Morgan fingerprint density at radius 1 is 1.42 bits per heavy atom. The number of aryl methyl sites for hydroxylation is 1.